The molecule has 2 heterocycles. The van der Waals surface area contributed by atoms with Crippen LogP contribution < -0.4 is 5.32 Å². The number of piperazine rings is 1. The van der Waals surface area contributed by atoms with E-state index in [4.69, 9.17) is 11.6 Å². The molecule has 1 aliphatic rings. The van der Waals surface area contributed by atoms with E-state index in [0.29, 0.717) is 31.1 Å². The number of aliphatic imine (C=N–C) groups is 1. The number of nitrogens with one attached hydrogen (secondary N) is 1. The summed E-state index contributed by atoms with van der Waals surface area (Å²) in [4.78, 5) is 25.1. The Morgan fingerprint density at radius 2 is 1.96 bits per heavy atom. The van der Waals surface area contributed by atoms with E-state index in [1.807, 2.05) is 36.2 Å². The van der Waals surface area contributed by atoms with Gasteiger partial charge < -0.3 is 15.1 Å². The van der Waals surface area contributed by atoms with E-state index in [9.17, 15) is 4.79 Å². The maximum Gasteiger partial charge on any atom is 0.227 e. The van der Waals surface area contributed by atoms with Gasteiger partial charge in [0.2, 0.25) is 5.91 Å². The van der Waals surface area contributed by atoms with Crippen molar-refractivity contribution in [2.45, 2.75) is 13.0 Å². The molecule has 1 saturated heterocycles. The zero-order valence-electron chi connectivity index (χ0n) is 16.0. The predicted octanol–water partition coefficient (Wildman–Crippen LogP) is 1.55. The lowest BCUT2D eigenvalue weighted by atomic mass is 10.1. The molecule has 10 heteroatoms. The fraction of sp³-hybridized carbons (Fsp3) is 0.444. The zero-order valence-corrected chi connectivity index (χ0v) is 19.1. The van der Waals surface area contributed by atoms with E-state index in [-0.39, 0.29) is 29.9 Å². The Labute approximate surface area is 187 Å². The van der Waals surface area contributed by atoms with Crippen LogP contribution in [-0.4, -0.2) is 69.7 Å². The molecule has 28 heavy (non-hydrogen) atoms. The topological polar surface area (TPSA) is 78.7 Å². The Morgan fingerprint density at radius 3 is 2.57 bits per heavy atom. The van der Waals surface area contributed by atoms with Crippen LogP contribution >= 0.6 is 35.6 Å². The number of amides is 1. The van der Waals surface area contributed by atoms with Gasteiger partial charge in [0.15, 0.2) is 5.96 Å². The highest BCUT2D eigenvalue weighted by Crippen LogP contribution is 2.13. The van der Waals surface area contributed by atoms with Crippen LogP contribution in [0.15, 0.2) is 35.6 Å². The molecule has 1 aromatic carbocycles. The molecule has 1 aromatic heterocycles. The largest absolute Gasteiger partial charge is 0.349 e. The Morgan fingerprint density at radius 1 is 1.25 bits per heavy atom. The van der Waals surface area contributed by atoms with E-state index in [0.717, 1.165) is 30.4 Å². The summed E-state index contributed by atoms with van der Waals surface area (Å²) in [6.45, 7) is 3.37. The van der Waals surface area contributed by atoms with Crippen LogP contribution in [0.3, 0.4) is 0 Å². The number of rotatable bonds is 4. The van der Waals surface area contributed by atoms with Crippen LogP contribution in [0, 0.1) is 0 Å². The molecule has 0 saturated carbocycles. The van der Waals surface area contributed by atoms with Gasteiger partial charge in [-0.2, -0.15) is 5.10 Å². The van der Waals surface area contributed by atoms with Gasteiger partial charge in [0.25, 0.3) is 0 Å². The Hall–Kier alpha value is -1.88. The van der Waals surface area contributed by atoms with E-state index in [2.05, 4.69) is 25.3 Å². The average molecular weight is 518 g/mol. The molecule has 0 unspecified atom stereocenters. The molecule has 1 fully saturated rings. The summed E-state index contributed by atoms with van der Waals surface area (Å²) in [7, 11) is 3.62. The number of benzene rings is 1. The van der Waals surface area contributed by atoms with Crippen LogP contribution in [0.5, 0.6) is 0 Å². The lowest BCUT2D eigenvalue weighted by Crippen LogP contribution is -2.54. The van der Waals surface area contributed by atoms with Crippen molar-refractivity contribution in [3.05, 3.63) is 47.0 Å². The summed E-state index contributed by atoms with van der Waals surface area (Å²) in [5.74, 6) is 1.77. The van der Waals surface area contributed by atoms with Crippen LogP contribution in [0.25, 0.3) is 0 Å². The molecule has 152 valence electrons. The van der Waals surface area contributed by atoms with Crippen molar-refractivity contribution in [1.82, 2.24) is 29.9 Å². The maximum absolute atomic E-state index is 12.5. The third-order valence-electron chi connectivity index (χ3n) is 4.60. The van der Waals surface area contributed by atoms with Gasteiger partial charge in [0.1, 0.15) is 12.2 Å². The normalized spacial score (nSPS) is 14.6. The average Bonchev–Trinajstić information content (AvgIpc) is 3.08. The molecular formula is C18H25ClIN7O. The molecule has 1 amide bonds. The summed E-state index contributed by atoms with van der Waals surface area (Å²) in [5.41, 5.74) is 0.941. The number of hydrogen-bond acceptors (Lipinski definition) is 4. The molecule has 0 bridgehead atoms. The third kappa shape index (κ3) is 5.81. The quantitative estimate of drug-likeness (QED) is 0.378. The summed E-state index contributed by atoms with van der Waals surface area (Å²) in [6.07, 6.45) is 1.91. The smallest absolute Gasteiger partial charge is 0.227 e. The third-order valence-corrected chi connectivity index (χ3v) is 4.83. The number of hydrogen-bond donors (Lipinski definition) is 1. The van der Waals surface area contributed by atoms with Crippen molar-refractivity contribution in [1.29, 1.82) is 0 Å². The van der Waals surface area contributed by atoms with Crippen molar-refractivity contribution in [3.8, 4) is 0 Å². The monoisotopic (exact) mass is 517 g/mol. The molecule has 0 atom stereocenters. The second-order valence-electron chi connectivity index (χ2n) is 6.38. The lowest BCUT2D eigenvalue weighted by molar-refractivity contribution is -0.131. The number of carbonyl (C=O) groups excluding carboxylic acids is 1. The van der Waals surface area contributed by atoms with E-state index >= 15 is 0 Å². The second kappa shape index (κ2) is 10.6. The second-order valence-corrected chi connectivity index (χ2v) is 6.81. The van der Waals surface area contributed by atoms with Crippen molar-refractivity contribution >= 4 is 47.4 Å². The molecule has 0 aliphatic carbocycles. The number of aryl methyl sites for hydroxylation is 1. The van der Waals surface area contributed by atoms with Gasteiger partial charge in [-0.05, 0) is 17.7 Å². The maximum atomic E-state index is 12.5. The lowest BCUT2D eigenvalue weighted by Gasteiger charge is -2.36. The highest BCUT2D eigenvalue weighted by Gasteiger charge is 2.23. The molecular weight excluding hydrogens is 493 g/mol. The standard InChI is InChI=1S/C18H24ClN7O.HI/c1-20-18(21-12-16-22-13-23-24(16)2)26-8-6-25(7-9-26)17(27)11-14-4-3-5-15(19)10-14;/h3-5,10,13H,6-9,11-12H2,1-2H3,(H,20,21);1H. The number of halogens is 2. The number of guanidine groups is 1. The highest BCUT2D eigenvalue weighted by molar-refractivity contribution is 14.0. The molecule has 2 aromatic rings. The first kappa shape index (κ1) is 22.4. The van der Waals surface area contributed by atoms with E-state index < -0.39 is 0 Å². The Balaban J connectivity index is 0.00000280. The number of nitrogens with zero attached hydrogens (tertiary/aromatic N) is 6. The van der Waals surface area contributed by atoms with Gasteiger partial charge in [0, 0.05) is 45.3 Å². The van der Waals surface area contributed by atoms with Crippen LogP contribution in [-0.2, 0) is 24.8 Å². The number of carbonyl (C=O) groups is 1. The molecule has 0 spiro atoms. The van der Waals surface area contributed by atoms with Crippen molar-refractivity contribution in [2.24, 2.45) is 12.0 Å². The first-order chi connectivity index (χ1) is 13.1. The minimum atomic E-state index is 0. The van der Waals surface area contributed by atoms with Gasteiger partial charge in [-0.25, -0.2) is 4.98 Å². The summed E-state index contributed by atoms with van der Waals surface area (Å²) in [5, 5.41) is 8.02. The summed E-state index contributed by atoms with van der Waals surface area (Å²) < 4.78 is 1.73. The molecule has 8 nitrogen and oxygen atoms in total. The molecule has 3 rings (SSSR count). The Bertz CT molecular complexity index is 818. The van der Waals surface area contributed by atoms with E-state index in [1.165, 1.54) is 6.33 Å². The van der Waals surface area contributed by atoms with Gasteiger partial charge in [-0.3, -0.25) is 14.5 Å². The zero-order chi connectivity index (χ0) is 19.2. The SMILES string of the molecule is CN=C(NCc1ncnn1C)N1CCN(C(=O)Cc2cccc(Cl)c2)CC1.I. The first-order valence-corrected chi connectivity index (χ1v) is 9.25. The first-order valence-electron chi connectivity index (χ1n) is 8.87. The van der Waals surface area contributed by atoms with Gasteiger partial charge in [-0.15, -0.1) is 24.0 Å². The minimum absolute atomic E-state index is 0. The predicted molar refractivity (Wildman–Crippen MR) is 120 cm³/mol. The highest BCUT2D eigenvalue weighted by atomic mass is 127. The number of aromatic nitrogens is 3. The molecule has 1 N–H and O–H groups in total. The van der Waals surface area contributed by atoms with Crippen LogP contribution in [0.4, 0.5) is 0 Å². The van der Waals surface area contributed by atoms with Crippen molar-refractivity contribution in [2.75, 3.05) is 33.2 Å². The molecule has 0 radical (unpaired) electrons. The van der Waals surface area contributed by atoms with E-state index in [1.54, 1.807) is 11.7 Å². The van der Waals surface area contributed by atoms with Crippen LogP contribution in [0.2, 0.25) is 5.02 Å². The van der Waals surface area contributed by atoms with Crippen molar-refractivity contribution < 1.29 is 4.79 Å². The van der Waals surface area contributed by atoms with Gasteiger partial charge in [0.05, 0.1) is 13.0 Å². The van der Waals surface area contributed by atoms with Gasteiger partial charge >= 0.3 is 0 Å². The minimum Gasteiger partial charge on any atom is -0.349 e. The fourth-order valence-corrected chi connectivity index (χ4v) is 3.28. The van der Waals surface area contributed by atoms with Gasteiger partial charge in [-0.1, -0.05) is 23.7 Å². The van der Waals surface area contributed by atoms with Crippen LogP contribution in [0.1, 0.15) is 11.4 Å². The van der Waals surface area contributed by atoms with Crippen molar-refractivity contribution in [3.63, 3.8) is 0 Å². The summed E-state index contributed by atoms with van der Waals surface area (Å²) >= 11 is 6.00. The Kier molecular flexibility index (Phi) is 8.49. The molecule has 1 aliphatic heterocycles. The fourth-order valence-electron chi connectivity index (χ4n) is 3.07. The summed E-state index contributed by atoms with van der Waals surface area (Å²) in [6, 6.07) is 7.45.